The van der Waals surface area contributed by atoms with Crippen molar-refractivity contribution in [2.45, 2.75) is 77.5 Å². The first-order chi connectivity index (χ1) is 12.4. The Labute approximate surface area is 156 Å². The van der Waals surface area contributed by atoms with Crippen LogP contribution in [0.15, 0.2) is 5.16 Å². The minimum Gasteiger partial charge on any atom is -0.394 e. The van der Waals surface area contributed by atoms with E-state index >= 15 is 4.39 Å². The second-order valence-electron chi connectivity index (χ2n) is 9.81. The Morgan fingerprint density at radius 1 is 1.08 bits per heavy atom. The van der Waals surface area contributed by atoms with Crippen molar-refractivity contribution in [3.63, 3.8) is 0 Å². The SMILES string of the molecule is C[C@]12CC[C@H]3[C@@H](CCC4[C@H](F)/C(=N\OCCN)CC[C@@]43C)[C@@H]1CC[C@@H]2O. The second kappa shape index (κ2) is 6.73. The molecule has 4 rings (SSSR count). The summed E-state index contributed by atoms with van der Waals surface area (Å²) in [4.78, 5) is 5.19. The van der Waals surface area contributed by atoms with Crippen LogP contribution in [-0.4, -0.2) is 36.2 Å². The Kier molecular flexibility index (Phi) is 4.84. The van der Waals surface area contributed by atoms with Crippen LogP contribution >= 0.6 is 0 Å². The zero-order valence-electron chi connectivity index (χ0n) is 16.3. The molecule has 3 N–H and O–H groups in total. The monoisotopic (exact) mass is 366 g/mol. The number of alkyl halides is 1. The second-order valence-corrected chi connectivity index (χ2v) is 9.81. The molecule has 0 heterocycles. The highest BCUT2D eigenvalue weighted by molar-refractivity contribution is 5.89. The number of hydrogen-bond donors (Lipinski definition) is 2. The van der Waals surface area contributed by atoms with E-state index in [-0.39, 0.29) is 22.9 Å². The van der Waals surface area contributed by atoms with Crippen molar-refractivity contribution in [2.75, 3.05) is 13.2 Å². The van der Waals surface area contributed by atoms with Crippen LogP contribution in [0.2, 0.25) is 0 Å². The summed E-state index contributed by atoms with van der Waals surface area (Å²) in [5, 5.41) is 14.6. The lowest BCUT2D eigenvalue weighted by atomic mass is 9.45. The van der Waals surface area contributed by atoms with Gasteiger partial charge in [0.2, 0.25) is 0 Å². The fourth-order valence-electron chi connectivity index (χ4n) is 7.35. The van der Waals surface area contributed by atoms with Crippen molar-refractivity contribution < 1.29 is 14.3 Å². The molecule has 0 radical (unpaired) electrons. The molecule has 4 saturated carbocycles. The van der Waals surface area contributed by atoms with E-state index < -0.39 is 6.17 Å². The molecule has 0 saturated heterocycles. The molecule has 0 bridgehead atoms. The van der Waals surface area contributed by atoms with Crippen LogP contribution in [0.25, 0.3) is 0 Å². The average molecular weight is 367 g/mol. The molecule has 4 fully saturated rings. The fraction of sp³-hybridized carbons (Fsp3) is 0.952. The average Bonchev–Trinajstić information content (AvgIpc) is 2.92. The highest BCUT2D eigenvalue weighted by atomic mass is 19.1. The van der Waals surface area contributed by atoms with Crippen LogP contribution in [0.3, 0.4) is 0 Å². The van der Waals surface area contributed by atoms with Crippen LogP contribution in [0.5, 0.6) is 0 Å². The van der Waals surface area contributed by atoms with Crippen LogP contribution in [0.4, 0.5) is 4.39 Å². The molecule has 4 nitrogen and oxygen atoms in total. The molecule has 0 aliphatic heterocycles. The number of aliphatic hydroxyl groups excluding tert-OH is 1. The quantitative estimate of drug-likeness (QED) is 0.591. The topological polar surface area (TPSA) is 67.8 Å². The molecule has 148 valence electrons. The van der Waals surface area contributed by atoms with Crippen molar-refractivity contribution in [3.8, 4) is 0 Å². The summed E-state index contributed by atoms with van der Waals surface area (Å²) in [5.41, 5.74) is 6.18. The van der Waals surface area contributed by atoms with Gasteiger partial charge in [0.05, 0.1) is 11.8 Å². The minimum absolute atomic E-state index is 0.0596. The number of nitrogens with zero attached hydrogens (tertiary/aromatic N) is 1. The molecule has 0 aromatic heterocycles. The third-order valence-electron chi connectivity index (χ3n) is 8.87. The van der Waals surface area contributed by atoms with Gasteiger partial charge in [-0.05, 0) is 80.0 Å². The van der Waals surface area contributed by atoms with Gasteiger partial charge in [0.15, 0.2) is 0 Å². The molecule has 0 aromatic carbocycles. The molecule has 0 spiro atoms. The van der Waals surface area contributed by atoms with Gasteiger partial charge in [-0.15, -0.1) is 0 Å². The summed E-state index contributed by atoms with van der Waals surface area (Å²) in [5.74, 6) is 1.93. The molecule has 4 aliphatic carbocycles. The van der Waals surface area contributed by atoms with Crippen LogP contribution in [-0.2, 0) is 4.84 Å². The Hall–Kier alpha value is -0.680. The molecule has 26 heavy (non-hydrogen) atoms. The van der Waals surface area contributed by atoms with E-state index in [9.17, 15) is 5.11 Å². The van der Waals surface area contributed by atoms with Gasteiger partial charge in [0, 0.05) is 12.5 Å². The third kappa shape index (κ3) is 2.64. The molecule has 8 atom stereocenters. The van der Waals surface area contributed by atoms with Gasteiger partial charge in [-0.3, -0.25) is 0 Å². The first-order valence-corrected chi connectivity index (χ1v) is 10.6. The fourth-order valence-corrected chi connectivity index (χ4v) is 7.35. The van der Waals surface area contributed by atoms with E-state index in [0.29, 0.717) is 43.0 Å². The number of oxime groups is 1. The Morgan fingerprint density at radius 3 is 2.58 bits per heavy atom. The van der Waals surface area contributed by atoms with Crippen LogP contribution < -0.4 is 5.73 Å². The Balaban J connectivity index is 1.54. The number of hydrogen-bond acceptors (Lipinski definition) is 4. The lowest BCUT2D eigenvalue weighted by molar-refractivity contribution is -0.123. The normalized spacial score (nSPS) is 52.3. The van der Waals surface area contributed by atoms with Crippen LogP contribution in [0.1, 0.15) is 65.2 Å². The third-order valence-corrected chi connectivity index (χ3v) is 8.87. The van der Waals surface area contributed by atoms with Gasteiger partial charge >= 0.3 is 0 Å². The largest absolute Gasteiger partial charge is 0.394 e. The van der Waals surface area contributed by atoms with E-state index in [1.165, 1.54) is 0 Å². The lowest BCUT2D eigenvalue weighted by Crippen LogP contribution is -2.57. The van der Waals surface area contributed by atoms with Gasteiger partial charge in [-0.2, -0.15) is 0 Å². The van der Waals surface area contributed by atoms with Gasteiger partial charge in [-0.1, -0.05) is 19.0 Å². The van der Waals surface area contributed by atoms with Crippen molar-refractivity contribution in [3.05, 3.63) is 0 Å². The van der Waals surface area contributed by atoms with Crippen molar-refractivity contribution in [2.24, 2.45) is 45.4 Å². The highest BCUT2D eigenvalue weighted by Gasteiger charge is 2.61. The molecule has 1 unspecified atom stereocenters. The van der Waals surface area contributed by atoms with Crippen molar-refractivity contribution in [1.82, 2.24) is 0 Å². The number of halogens is 1. The number of fused-ring (bicyclic) bond motifs is 5. The predicted octanol–water partition coefficient (Wildman–Crippen LogP) is 3.67. The Morgan fingerprint density at radius 2 is 1.81 bits per heavy atom. The van der Waals surface area contributed by atoms with E-state index in [1.54, 1.807) is 0 Å². The Bertz CT molecular complexity index is 570. The zero-order valence-corrected chi connectivity index (χ0v) is 16.3. The summed E-state index contributed by atoms with van der Waals surface area (Å²) in [6, 6.07) is 0. The summed E-state index contributed by atoms with van der Waals surface area (Å²) >= 11 is 0. The minimum atomic E-state index is -0.977. The number of rotatable bonds is 3. The zero-order chi connectivity index (χ0) is 18.5. The van der Waals surface area contributed by atoms with E-state index in [1.807, 2.05) is 0 Å². The molecule has 4 aliphatic rings. The lowest BCUT2D eigenvalue weighted by Gasteiger charge is -2.60. The summed E-state index contributed by atoms with van der Waals surface area (Å²) in [6.07, 6.45) is 6.98. The standard InChI is InChI=1S/C21H35FN2O2/c1-20-10-8-17(24-26-12-11-23)19(22)16(20)4-3-13-14-5-6-18(25)21(14,2)9-7-15(13)20/h13-16,18-19,25H,3-12,23H2,1-2H3/b24-17-/t13-,14-,15-,16?,18-,19-,20+,21-/m0/s1. The smallest absolute Gasteiger partial charge is 0.145 e. The first-order valence-electron chi connectivity index (χ1n) is 10.6. The van der Waals surface area contributed by atoms with Gasteiger partial charge < -0.3 is 15.7 Å². The number of aliphatic hydroxyl groups is 1. The van der Waals surface area contributed by atoms with E-state index in [0.717, 1.165) is 44.9 Å². The first kappa shape index (κ1) is 18.7. The number of nitrogens with two attached hydrogens (primary N) is 1. The van der Waals surface area contributed by atoms with Gasteiger partial charge in [0.1, 0.15) is 12.8 Å². The maximum Gasteiger partial charge on any atom is 0.145 e. The maximum absolute atomic E-state index is 15.3. The summed E-state index contributed by atoms with van der Waals surface area (Å²) < 4.78 is 15.3. The molecule has 0 aromatic rings. The molecule has 0 amide bonds. The van der Waals surface area contributed by atoms with Gasteiger partial charge in [-0.25, -0.2) is 4.39 Å². The molecule has 5 heteroatoms. The van der Waals surface area contributed by atoms with E-state index in [2.05, 4.69) is 19.0 Å². The maximum atomic E-state index is 15.3. The summed E-state index contributed by atoms with van der Waals surface area (Å²) in [6.45, 7) is 5.40. The van der Waals surface area contributed by atoms with Crippen LogP contribution in [0, 0.1) is 34.5 Å². The molecular weight excluding hydrogens is 331 g/mol. The highest BCUT2D eigenvalue weighted by Crippen LogP contribution is 2.66. The predicted molar refractivity (Wildman–Crippen MR) is 100 cm³/mol. The van der Waals surface area contributed by atoms with Crippen molar-refractivity contribution in [1.29, 1.82) is 0 Å². The van der Waals surface area contributed by atoms with Gasteiger partial charge in [0.25, 0.3) is 0 Å². The molecular formula is C21H35FN2O2. The summed E-state index contributed by atoms with van der Waals surface area (Å²) in [7, 11) is 0. The van der Waals surface area contributed by atoms with E-state index in [4.69, 9.17) is 10.6 Å². The van der Waals surface area contributed by atoms with Crippen molar-refractivity contribution >= 4 is 5.71 Å².